The molecule has 116 valence electrons. The van der Waals surface area contributed by atoms with E-state index in [9.17, 15) is 0 Å². The molecule has 0 saturated heterocycles. The lowest BCUT2D eigenvalue weighted by molar-refractivity contribution is 0.441. The lowest BCUT2D eigenvalue weighted by atomic mass is 10.2. The van der Waals surface area contributed by atoms with E-state index in [1.807, 2.05) is 33.0 Å². The standard InChI is InChI=1S/C13H20N6O.HI/c1-9-5-6-11(20-9)10(2)18-13(14-3)15-7-12-16-8-17-19(12)4;/h5-6,8,10H,7H2,1-4H3,(H2,14,15,18);1H. The Kier molecular flexibility index (Phi) is 6.66. The Morgan fingerprint density at radius 2 is 2.24 bits per heavy atom. The Morgan fingerprint density at radius 3 is 2.76 bits per heavy atom. The normalized spacial score (nSPS) is 12.7. The molecule has 2 heterocycles. The average molecular weight is 404 g/mol. The van der Waals surface area contributed by atoms with Gasteiger partial charge in [0.1, 0.15) is 23.7 Å². The summed E-state index contributed by atoms with van der Waals surface area (Å²) in [6, 6.07) is 3.95. The van der Waals surface area contributed by atoms with Crippen LogP contribution in [0.1, 0.15) is 30.3 Å². The molecule has 8 heteroatoms. The number of hydrogen-bond acceptors (Lipinski definition) is 4. The summed E-state index contributed by atoms with van der Waals surface area (Å²) < 4.78 is 7.31. The molecular formula is C13H21IN6O. The minimum Gasteiger partial charge on any atom is -0.464 e. The molecule has 0 aliphatic rings. The number of aliphatic imine (C=N–C) groups is 1. The first-order valence-electron chi connectivity index (χ1n) is 6.46. The summed E-state index contributed by atoms with van der Waals surface area (Å²) in [5.74, 6) is 3.31. The van der Waals surface area contributed by atoms with Crippen LogP contribution in [0.5, 0.6) is 0 Å². The van der Waals surface area contributed by atoms with Gasteiger partial charge in [-0.05, 0) is 26.0 Å². The summed E-state index contributed by atoms with van der Waals surface area (Å²) in [6.45, 7) is 4.50. The minimum atomic E-state index is 0. The van der Waals surface area contributed by atoms with E-state index in [1.54, 1.807) is 11.7 Å². The monoisotopic (exact) mass is 404 g/mol. The van der Waals surface area contributed by atoms with Crippen LogP contribution in [0.4, 0.5) is 0 Å². The number of aryl methyl sites for hydroxylation is 2. The summed E-state index contributed by atoms with van der Waals surface area (Å²) in [6.07, 6.45) is 1.53. The van der Waals surface area contributed by atoms with Crippen LogP contribution in [0, 0.1) is 6.92 Å². The summed E-state index contributed by atoms with van der Waals surface area (Å²) in [4.78, 5) is 8.34. The Morgan fingerprint density at radius 1 is 1.48 bits per heavy atom. The molecule has 2 aromatic heterocycles. The van der Waals surface area contributed by atoms with E-state index in [0.29, 0.717) is 12.5 Å². The second-order valence-corrected chi connectivity index (χ2v) is 4.54. The predicted octanol–water partition coefficient (Wildman–Crippen LogP) is 1.76. The van der Waals surface area contributed by atoms with Gasteiger partial charge in [0, 0.05) is 14.1 Å². The second-order valence-electron chi connectivity index (χ2n) is 4.54. The molecule has 0 aromatic carbocycles. The van der Waals surface area contributed by atoms with Gasteiger partial charge in [0.05, 0.1) is 12.6 Å². The van der Waals surface area contributed by atoms with Gasteiger partial charge in [0.2, 0.25) is 0 Å². The zero-order chi connectivity index (χ0) is 14.5. The molecule has 0 aliphatic carbocycles. The fraction of sp³-hybridized carbons (Fsp3) is 0.462. The highest BCUT2D eigenvalue weighted by Gasteiger charge is 2.11. The maximum Gasteiger partial charge on any atom is 0.191 e. The van der Waals surface area contributed by atoms with Crippen LogP contribution in [-0.2, 0) is 13.6 Å². The maximum atomic E-state index is 5.59. The number of hydrogen-bond donors (Lipinski definition) is 2. The van der Waals surface area contributed by atoms with E-state index in [4.69, 9.17) is 4.42 Å². The maximum absolute atomic E-state index is 5.59. The van der Waals surface area contributed by atoms with E-state index >= 15 is 0 Å². The van der Waals surface area contributed by atoms with Gasteiger partial charge in [0.25, 0.3) is 0 Å². The SMILES string of the molecule is CN=C(NCc1ncnn1C)NC(C)c1ccc(C)o1.I. The van der Waals surface area contributed by atoms with Gasteiger partial charge in [0.15, 0.2) is 5.96 Å². The van der Waals surface area contributed by atoms with E-state index in [-0.39, 0.29) is 30.0 Å². The molecule has 2 rings (SSSR count). The Hall–Kier alpha value is -1.58. The van der Waals surface area contributed by atoms with Crippen molar-refractivity contribution in [3.8, 4) is 0 Å². The van der Waals surface area contributed by atoms with Gasteiger partial charge in [-0.25, -0.2) is 4.98 Å². The van der Waals surface area contributed by atoms with Crippen molar-refractivity contribution in [3.05, 3.63) is 35.8 Å². The molecule has 0 spiro atoms. The number of nitrogens with zero attached hydrogens (tertiary/aromatic N) is 4. The van der Waals surface area contributed by atoms with Gasteiger partial charge < -0.3 is 15.1 Å². The van der Waals surface area contributed by atoms with Crippen molar-refractivity contribution in [1.82, 2.24) is 25.4 Å². The molecule has 1 unspecified atom stereocenters. The second kappa shape index (κ2) is 8.01. The van der Waals surface area contributed by atoms with Crippen LogP contribution in [0.15, 0.2) is 27.9 Å². The third kappa shape index (κ3) is 4.73. The summed E-state index contributed by atoms with van der Waals surface area (Å²) >= 11 is 0. The largest absolute Gasteiger partial charge is 0.464 e. The van der Waals surface area contributed by atoms with Gasteiger partial charge in [-0.1, -0.05) is 0 Å². The Labute approximate surface area is 141 Å². The molecular weight excluding hydrogens is 383 g/mol. The summed E-state index contributed by atoms with van der Waals surface area (Å²) in [5.41, 5.74) is 0. The van der Waals surface area contributed by atoms with Gasteiger partial charge in [-0.2, -0.15) is 5.10 Å². The number of halogens is 1. The van der Waals surface area contributed by atoms with E-state index < -0.39 is 0 Å². The molecule has 0 bridgehead atoms. The molecule has 1 atom stereocenters. The topological polar surface area (TPSA) is 80.3 Å². The van der Waals surface area contributed by atoms with E-state index in [0.717, 1.165) is 17.3 Å². The van der Waals surface area contributed by atoms with Crippen LogP contribution in [0.25, 0.3) is 0 Å². The summed E-state index contributed by atoms with van der Waals surface area (Å²) in [5, 5.41) is 10.5. The van der Waals surface area contributed by atoms with Gasteiger partial charge in [-0.15, -0.1) is 24.0 Å². The highest BCUT2D eigenvalue weighted by molar-refractivity contribution is 14.0. The molecule has 0 fully saturated rings. The Bertz CT molecular complexity index is 591. The van der Waals surface area contributed by atoms with Crippen LogP contribution in [0.2, 0.25) is 0 Å². The fourth-order valence-electron chi connectivity index (χ4n) is 1.80. The first-order valence-corrected chi connectivity index (χ1v) is 6.46. The fourth-order valence-corrected chi connectivity index (χ4v) is 1.80. The van der Waals surface area contributed by atoms with Crippen LogP contribution >= 0.6 is 24.0 Å². The molecule has 2 aromatic rings. The number of guanidine groups is 1. The summed E-state index contributed by atoms with van der Waals surface area (Å²) in [7, 11) is 3.58. The minimum absolute atomic E-state index is 0. The first kappa shape index (κ1) is 17.5. The Balaban J connectivity index is 0.00000220. The lowest BCUT2D eigenvalue weighted by Gasteiger charge is -2.16. The van der Waals surface area contributed by atoms with Crippen molar-refractivity contribution >= 4 is 29.9 Å². The average Bonchev–Trinajstić information content (AvgIpc) is 3.03. The molecule has 21 heavy (non-hydrogen) atoms. The third-order valence-electron chi connectivity index (χ3n) is 2.98. The van der Waals surface area contributed by atoms with Crippen molar-refractivity contribution in [1.29, 1.82) is 0 Å². The predicted molar refractivity (Wildman–Crippen MR) is 91.6 cm³/mol. The van der Waals surface area contributed by atoms with Crippen molar-refractivity contribution in [2.75, 3.05) is 7.05 Å². The molecule has 2 N–H and O–H groups in total. The smallest absolute Gasteiger partial charge is 0.191 e. The number of nitrogens with one attached hydrogen (secondary N) is 2. The molecule has 0 saturated carbocycles. The molecule has 0 amide bonds. The van der Waals surface area contributed by atoms with Crippen LogP contribution in [-0.4, -0.2) is 27.8 Å². The lowest BCUT2D eigenvalue weighted by Crippen LogP contribution is -2.38. The number of aromatic nitrogens is 3. The van der Waals surface area contributed by atoms with E-state index in [1.165, 1.54) is 6.33 Å². The number of rotatable bonds is 4. The van der Waals surface area contributed by atoms with Crippen LogP contribution in [0.3, 0.4) is 0 Å². The first-order chi connectivity index (χ1) is 9.60. The van der Waals surface area contributed by atoms with Gasteiger partial charge in [-0.3, -0.25) is 9.67 Å². The number of furan rings is 1. The highest BCUT2D eigenvalue weighted by atomic mass is 127. The quantitative estimate of drug-likeness (QED) is 0.461. The van der Waals surface area contributed by atoms with Crippen molar-refractivity contribution < 1.29 is 4.42 Å². The zero-order valence-corrected chi connectivity index (χ0v) is 15.0. The molecule has 0 radical (unpaired) electrons. The molecule has 7 nitrogen and oxygen atoms in total. The van der Waals surface area contributed by atoms with Crippen molar-refractivity contribution in [3.63, 3.8) is 0 Å². The van der Waals surface area contributed by atoms with Crippen molar-refractivity contribution in [2.45, 2.75) is 26.4 Å². The third-order valence-corrected chi connectivity index (χ3v) is 2.98. The molecule has 0 aliphatic heterocycles. The van der Waals surface area contributed by atoms with Crippen LogP contribution < -0.4 is 10.6 Å². The van der Waals surface area contributed by atoms with Crippen molar-refractivity contribution in [2.24, 2.45) is 12.0 Å². The highest BCUT2D eigenvalue weighted by Crippen LogP contribution is 2.15. The van der Waals surface area contributed by atoms with Gasteiger partial charge >= 0.3 is 0 Å². The van der Waals surface area contributed by atoms with E-state index in [2.05, 4.69) is 25.7 Å². The zero-order valence-electron chi connectivity index (χ0n) is 12.6.